The van der Waals surface area contributed by atoms with E-state index in [1.165, 1.54) is 24.8 Å². The zero-order valence-electron chi connectivity index (χ0n) is 12.3. The summed E-state index contributed by atoms with van der Waals surface area (Å²) in [6.07, 6.45) is 7.44. The Balaban J connectivity index is 2.05. The van der Waals surface area contributed by atoms with Gasteiger partial charge in [0.2, 0.25) is 0 Å². The van der Waals surface area contributed by atoms with Gasteiger partial charge in [0.25, 0.3) is 0 Å². The van der Waals surface area contributed by atoms with Crippen molar-refractivity contribution in [2.75, 3.05) is 13.7 Å². The molecule has 2 aliphatic carbocycles. The number of ether oxygens (including phenoxy) is 1. The molecule has 1 aromatic rings. The predicted molar refractivity (Wildman–Crippen MR) is 79.8 cm³/mol. The van der Waals surface area contributed by atoms with E-state index in [-0.39, 0.29) is 5.41 Å². The fourth-order valence-corrected chi connectivity index (χ4v) is 4.30. The molecule has 0 saturated heterocycles. The summed E-state index contributed by atoms with van der Waals surface area (Å²) in [5.41, 5.74) is 7.53. The molecule has 3 heteroatoms. The lowest BCUT2D eigenvalue weighted by molar-refractivity contribution is -0.105. The monoisotopic (exact) mass is 275 g/mol. The summed E-state index contributed by atoms with van der Waals surface area (Å²) in [5.74, 6) is 0.826. The zero-order valence-corrected chi connectivity index (χ0v) is 12.3. The van der Waals surface area contributed by atoms with Crippen LogP contribution in [0.2, 0.25) is 0 Å². The van der Waals surface area contributed by atoms with Crippen LogP contribution in [-0.4, -0.2) is 18.8 Å². The van der Waals surface area contributed by atoms with Crippen molar-refractivity contribution in [1.29, 1.82) is 0 Å². The molecule has 3 rings (SSSR count). The Bertz CT molecular complexity index is 494. The molecule has 1 aromatic carbocycles. The molecular formula is C17H25NO2. The summed E-state index contributed by atoms with van der Waals surface area (Å²) in [7, 11) is 1.68. The number of fused-ring (bicyclic) bond motifs is 1. The molecule has 110 valence electrons. The third kappa shape index (κ3) is 1.87. The molecule has 0 amide bonds. The van der Waals surface area contributed by atoms with Crippen LogP contribution in [0.4, 0.5) is 0 Å². The van der Waals surface area contributed by atoms with Gasteiger partial charge in [0.05, 0.1) is 12.7 Å². The Kier molecular flexibility index (Phi) is 3.51. The quantitative estimate of drug-likeness (QED) is 0.892. The molecule has 1 fully saturated rings. The van der Waals surface area contributed by atoms with E-state index in [4.69, 9.17) is 10.5 Å². The number of benzene rings is 1. The lowest BCUT2D eigenvalue weighted by atomic mass is 9.61. The second-order valence-electron chi connectivity index (χ2n) is 6.43. The molecule has 0 radical (unpaired) electrons. The van der Waals surface area contributed by atoms with Crippen molar-refractivity contribution in [2.24, 2.45) is 11.1 Å². The van der Waals surface area contributed by atoms with E-state index in [9.17, 15) is 5.11 Å². The van der Waals surface area contributed by atoms with E-state index in [0.717, 1.165) is 37.0 Å². The highest BCUT2D eigenvalue weighted by Gasteiger charge is 2.53. The van der Waals surface area contributed by atoms with Gasteiger partial charge >= 0.3 is 0 Å². The van der Waals surface area contributed by atoms with E-state index in [1.807, 2.05) is 12.1 Å². The number of aliphatic hydroxyl groups is 1. The molecule has 1 unspecified atom stereocenters. The van der Waals surface area contributed by atoms with Crippen molar-refractivity contribution >= 4 is 0 Å². The van der Waals surface area contributed by atoms with Crippen LogP contribution in [0.25, 0.3) is 0 Å². The normalized spacial score (nSPS) is 28.1. The smallest absolute Gasteiger partial charge is 0.119 e. The van der Waals surface area contributed by atoms with E-state index in [2.05, 4.69) is 6.07 Å². The average Bonchev–Trinajstić information content (AvgIpc) is 2.86. The van der Waals surface area contributed by atoms with Crippen LogP contribution in [0.1, 0.15) is 49.7 Å². The summed E-state index contributed by atoms with van der Waals surface area (Å²) in [5, 5.41) is 11.5. The third-order valence-corrected chi connectivity index (χ3v) is 5.60. The topological polar surface area (TPSA) is 55.5 Å². The van der Waals surface area contributed by atoms with Gasteiger partial charge in [-0.15, -0.1) is 0 Å². The minimum Gasteiger partial charge on any atom is -0.497 e. The van der Waals surface area contributed by atoms with Gasteiger partial charge < -0.3 is 15.6 Å². The van der Waals surface area contributed by atoms with Gasteiger partial charge in [-0.2, -0.15) is 0 Å². The van der Waals surface area contributed by atoms with Crippen LogP contribution in [0.3, 0.4) is 0 Å². The van der Waals surface area contributed by atoms with Crippen LogP contribution < -0.4 is 10.5 Å². The third-order valence-electron chi connectivity index (χ3n) is 5.60. The van der Waals surface area contributed by atoms with Gasteiger partial charge in [0, 0.05) is 12.0 Å². The second kappa shape index (κ2) is 5.05. The molecule has 0 spiro atoms. The molecule has 1 atom stereocenters. The van der Waals surface area contributed by atoms with Crippen LogP contribution in [-0.2, 0) is 12.0 Å². The molecule has 0 heterocycles. The lowest BCUT2D eigenvalue weighted by Gasteiger charge is -2.48. The van der Waals surface area contributed by atoms with Gasteiger partial charge in [-0.25, -0.2) is 0 Å². The average molecular weight is 275 g/mol. The van der Waals surface area contributed by atoms with Crippen LogP contribution >= 0.6 is 0 Å². The van der Waals surface area contributed by atoms with Crippen molar-refractivity contribution in [3.63, 3.8) is 0 Å². The number of rotatable bonds is 3. The van der Waals surface area contributed by atoms with Gasteiger partial charge in [-0.3, -0.25) is 0 Å². The lowest BCUT2D eigenvalue weighted by Crippen LogP contribution is -2.50. The Morgan fingerprint density at radius 2 is 1.95 bits per heavy atom. The molecule has 20 heavy (non-hydrogen) atoms. The maximum absolute atomic E-state index is 11.5. The highest BCUT2D eigenvalue weighted by molar-refractivity contribution is 5.44. The molecule has 2 aliphatic rings. The highest BCUT2D eigenvalue weighted by Crippen LogP contribution is 2.55. The Morgan fingerprint density at radius 1 is 1.20 bits per heavy atom. The summed E-state index contributed by atoms with van der Waals surface area (Å²) < 4.78 is 5.34. The molecule has 0 aliphatic heterocycles. The maximum Gasteiger partial charge on any atom is 0.119 e. The van der Waals surface area contributed by atoms with Crippen molar-refractivity contribution < 1.29 is 9.84 Å². The standard InChI is InChI=1S/C17H25NO2/c1-20-14-6-5-13-7-10-17(19,15(13)11-14)16(12-18)8-3-2-4-9-16/h5-6,11,19H,2-4,7-10,12,18H2,1H3. The Morgan fingerprint density at radius 3 is 2.60 bits per heavy atom. The number of aryl methyl sites for hydroxylation is 1. The summed E-state index contributed by atoms with van der Waals surface area (Å²) in [4.78, 5) is 0. The van der Waals surface area contributed by atoms with E-state index >= 15 is 0 Å². The first-order chi connectivity index (χ1) is 9.65. The fourth-order valence-electron chi connectivity index (χ4n) is 4.30. The largest absolute Gasteiger partial charge is 0.497 e. The van der Waals surface area contributed by atoms with Crippen LogP contribution in [0.15, 0.2) is 18.2 Å². The first-order valence-electron chi connectivity index (χ1n) is 7.75. The molecule has 0 bridgehead atoms. The molecular weight excluding hydrogens is 250 g/mol. The van der Waals surface area contributed by atoms with E-state index in [0.29, 0.717) is 6.54 Å². The second-order valence-corrected chi connectivity index (χ2v) is 6.43. The SMILES string of the molecule is COc1ccc2c(c1)C(O)(C1(CN)CCCCC1)CC2. The van der Waals surface area contributed by atoms with Gasteiger partial charge in [0.15, 0.2) is 0 Å². The van der Waals surface area contributed by atoms with E-state index in [1.54, 1.807) is 7.11 Å². The van der Waals surface area contributed by atoms with Crippen molar-refractivity contribution in [1.82, 2.24) is 0 Å². The fraction of sp³-hybridized carbons (Fsp3) is 0.647. The molecule has 1 saturated carbocycles. The Labute approximate surface area is 121 Å². The number of hydrogen-bond acceptors (Lipinski definition) is 3. The minimum absolute atomic E-state index is 0.150. The Hall–Kier alpha value is -1.06. The molecule has 3 nitrogen and oxygen atoms in total. The summed E-state index contributed by atoms with van der Waals surface area (Å²) in [6, 6.07) is 6.11. The zero-order chi connectivity index (χ0) is 14.2. The predicted octanol–water partition coefficient (Wildman–Crippen LogP) is 2.74. The number of hydrogen-bond donors (Lipinski definition) is 2. The first kappa shape index (κ1) is 13.9. The van der Waals surface area contributed by atoms with Crippen LogP contribution in [0, 0.1) is 5.41 Å². The van der Waals surface area contributed by atoms with E-state index < -0.39 is 5.60 Å². The molecule has 0 aromatic heterocycles. The maximum atomic E-state index is 11.5. The summed E-state index contributed by atoms with van der Waals surface area (Å²) in [6.45, 7) is 0.570. The highest BCUT2D eigenvalue weighted by atomic mass is 16.5. The van der Waals surface area contributed by atoms with Gasteiger partial charge in [-0.1, -0.05) is 25.3 Å². The van der Waals surface area contributed by atoms with Crippen molar-refractivity contribution in [3.05, 3.63) is 29.3 Å². The van der Waals surface area contributed by atoms with Gasteiger partial charge in [0.1, 0.15) is 5.75 Å². The summed E-state index contributed by atoms with van der Waals surface area (Å²) >= 11 is 0. The minimum atomic E-state index is -0.772. The first-order valence-corrected chi connectivity index (χ1v) is 7.75. The number of methoxy groups -OCH3 is 1. The van der Waals surface area contributed by atoms with Crippen molar-refractivity contribution in [3.8, 4) is 5.75 Å². The van der Waals surface area contributed by atoms with Crippen molar-refractivity contribution in [2.45, 2.75) is 50.5 Å². The van der Waals surface area contributed by atoms with Gasteiger partial charge in [-0.05, 0) is 48.9 Å². The number of nitrogens with two attached hydrogens (primary N) is 1. The molecule has 3 N–H and O–H groups in total. The van der Waals surface area contributed by atoms with Crippen LogP contribution in [0.5, 0.6) is 5.75 Å².